The van der Waals surface area contributed by atoms with Gasteiger partial charge in [-0.15, -0.1) is 0 Å². The second kappa shape index (κ2) is 58.7. The van der Waals surface area contributed by atoms with E-state index in [9.17, 15) is 34.2 Å². The van der Waals surface area contributed by atoms with Crippen LogP contribution < -0.4 is 10.2 Å². The number of carboxylic acids is 2. The molecule has 0 fully saturated rings. The Morgan fingerprint density at radius 2 is 0.452 bits per heavy atom. The molecule has 0 aromatic carbocycles. The molecule has 0 radical (unpaired) electrons. The van der Waals surface area contributed by atoms with E-state index >= 15 is 0 Å². The van der Waals surface area contributed by atoms with Crippen LogP contribution in [0.2, 0.25) is 0 Å². The molecule has 12 heteroatoms. The molecule has 0 bridgehead atoms. The van der Waals surface area contributed by atoms with E-state index in [0.29, 0.717) is 0 Å². The van der Waals surface area contributed by atoms with Gasteiger partial charge in [-0.1, -0.05) is 90.9 Å². The predicted octanol–water partition coefficient (Wildman–Crippen LogP) is 12.4. The molecule has 0 unspecified atom stereocenters. The quantitative estimate of drug-likeness (QED) is 0.0425. The van der Waals surface area contributed by atoms with Crippen molar-refractivity contribution in [1.29, 1.82) is 0 Å². The molecule has 0 aliphatic rings. The number of rotatable bonds is 43. The van der Waals surface area contributed by atoms with Gasteiger partial charge in [0.2, 0.25) is 0 Å². The summed E-state index contributed by atoms with van der Waals surface area (Å²) in [6.45, 7) is 11.0. The Hall–Kier alpha value is -0.286. The van der Waals surface area contributed by atoms with Crippen molar-refractivity contribution < 1.29 is 42.6 Å². The van der Waals surface area contributed by atoms with Crippen LogP contribution in [0.15, 0.2) is 0 Å². The summed E-state index contributed by atoms with van der Waals surface area (Å²) in [5.74, 6) is -3.04. The standard InChI is InChI=1S/5C10H20O2.Bi.Sr/c5*1-2-3-4-5-6-7-8-9-10(11)12;;/h5*2-9H2,1H3,(H,11,12);;/q;;;;;+3;+2/p-5. The molecule has 0 spiro atoms. The predicted molar refractivity (Wildman–Crippen MR) is 253 cm³/mol. The van der Waals surface area contributed by atoms with Gasteiger partial charge in [-0.2, -0.15) is 0 Å². The largest absolute Gasteiger partial charge is 2.00 e. The van der Waals surface area contributed by atoms with Crippen molar-refractivity contribution in [2.24, 2.45) is 0 Å². The molecule has 0 saturated carbocycles. The van der Waals surface area contributed by atoms with Crippen molar-refractivity contribution in [3.8, 4) is 0 Å². The van der Waals surface area contributed by atoms with Crippen LogP contribution in [0.5, 0.6) is 0 Å². The molecular formula is C50H95BiO10Sr. The van der Waals surface area contributed by atoms with E-state index in [2.05, 4.69) is 34.6 Å². The third kappa shape index (κ3) is 64.0. The van der Waals surface area contributed by atoms with Gasteiger partial charge in [0, 0.05) is 11.9 Å². The number of unbranched alkanes of at least 4 members (excludes halogenated alkanes) is 30. The van der Waals surface area contributed by atoms with Crippen molar-refractivity contribution in [3.05, 3.63) is 0 Å². The molecule has 362 valence electrons. The van der Waals surface area contributed by atoms with E-state index < -0.39 is 52.9 Å². The summed E-state index contributed by atoms with van der Waals surface area (Å²) in [6, 6.07) is 0. The van der Waals surface area contributed by atoms with Crippen molar-refractivity contribution >= 4 is 98.4 Å². The van der Waals surface area contributed by atoms with Gasteiger partial charge in [-0.25, -0.2) is 0 Å². The van der Waals surface area contributed by atoms with Crippen LogP contribution in [-0.4, -0.2) is 98.4 Å². The Labute approximate surface area is 428 Å². The fourth-order valence-electron chi connectivity index (χ4n) is 6.57. The zero-order valence-corrected chi connectivity index (χ0v) is 48.0. The summed E-state index contributed by atoms with van der Waals surface area (Å²) in [5.41, 5.74) is 0. The van der Waals surface area contributed by atoms with Gasteiger partial charge in [0.25, 0.3) is 0 Å². The average Bonchev–Trinajstić information content (AvgIpc) is 3.22. The summed E-state index contributed by atoms with van der Waals surface area (Å²) >= 11 is -3.93. The third-order valence-electron chi connectivity index (χ3n) is 10.5. The first kappa shape index (κ1) is 68.3. The summed E-state index contributed by atoms with van der Waals surface area (Å²) in [6.07, 6.45) is 40.8. The number of carbonyl (C=O) groups is 5. The maximum Gasteiger partial charge on any atom is 2.00 e. The minimum Gasteiger partial charge on any atom is 2.00 e. The van der Waals surface area contributed by atoms with E-state index in [1.807, 2.05) is 0 Å². The van der Waals surface area contributed by atoms with Crippen LogP contribution in [-0.2, 0) is 32.4 Å². The molecule has 0 aromatic heterocycles. The Morgan fingerprint density at radius 3 is 0.629 bits per heavy atom. The molecule has 0 atom stereocenters. The van der Waals surface area contributed by atoms with E-state index in [4.69, 9.17) is 8.44 Å². The van der Waals surface area contributed by atoms with Gasteiger partial charge in [-0.3, -0.25) is 0 Å². The third-order valence-corrected chi connectivity index (χ3v) is 14.6. The molecule has 0 rings (SSSR count). The molecule has 62 heavy (non-hydrogen) atoms. The Balaban J connectivity index is -0.000000545. The number of hydrogen-bond acceptors (Lipinski definition) is 10. The van der Waals surface area contributed by atoms with Crippen molar-refractivity contribution in [2.45, 2.75) is 291 Å². The van der Waals surface area contributed by atoms with E-state index in [1.54, 1.807) is 0 Å². The molecular weight excluding hydrogens is 1060 g/mol. The van der Waals surface area contributed by atoms with Crippen molar-refractivity contribution in [2.75, 3.05) is 0 Å². The fraction of sp³-hybridized carbons (Fsp3) is 0.900. The molecule has 0 aliphatic heterocycles. The second-order valence-corrected chi connectivity index (χ2v) is 20.6. The summed E-state index contributed by atoms with van der Waals surface area (Å²) in [5, 5.41) is 20.0. The Kier molecular flexibility index (Phi) is 64.7. The van der Waals surface area contributed by atoms with Crippen molar-refractivity contribution in [3.63, 3.8) is 0 Å². The number of hydrogen-bond donors (Lipinski definition) is 0. The molecule has 0 aromatic rings. The molecule has 0 N–H and O–H groups in total. The summed E-state index contributed by atoms with van der Waals surface area (Å²) in [7, 11) is 0. The molecule has 0 heterocycles. The van der Waals surface area contributed by atoms with Crippen LogP contribution >= 0.6 is 0 Å². The van der Waals surface area contributed by atoms with Gasteiger partial charge >= 0.3 is 284 Å². The molecule has 10 nitrogen and oxygen atoms in total. The molecule has 0 aliphatic carbocycles. The van der Waals surface area contributed by atoms with Gasteiger partial charge < -0.3 is 19.8 Å². The number of aliphatic carboxylic acids is 2. The first-order valence-electron chi connectivity index (χ1n) is 25.4. The molecule has 0 amide bonds. The van der Waals surface area contributed by atoms with Crippen LogP contribution in [0.3, 0.4) is 0 Å². The zero-order chi connectivity index (χ0) is 45.9. The normalized spacial score (nSPS) is 10.5. The van der Waals surface area contributed by atoms with Gasteiger partial charge in [0.1, 0.15) is 0 Å². The maximum atomic E-state index is 12.4. The topological polar surface area (TPSA) is 159 Å². The van der Waals surface area contributed by atoms with E-state index in [1.165, 1.54) is 141 Å². The van der Waals surface area contributed by atoms with Gasteiger partial charge in [-0.05, 0) is 25.7 Å². The first-order valence-corrected chi connectivity index (χ1v) is 29.7. The maximum absolute atomic E-state index is 12.4. The monoisotopic (exact) mass is 1150 g/mol. The first-order chi connectivity index (χ1) is 29.6. The Bertz CT molecular complexity index is 879. The Morgan fingerprint density at radius 1 is 0.290 bits per heavy atom. The number of carboxylic acid groups (broad SMARTS) is 2. The van der Waals surface area contributed by atoms with E-state index in [-0.39, 0.29) is 77.6 Å². The second-order valence-electron chi connectivity index (χ2n) is 16.7. The minimum absolute atomic E-state index is 0. The minimum atomic E-state index is -3.93. The van der Waals surface area contributed by atoms with Crippen LogP contribution in [0, 0.1) is 0 Å². The SMILES string of the molecule is CCCCCCCCCC(=O)[O-].CCCCCCCCCC(=O)[O-].CCCCCCCCCC(=O)[O][Bi]([O]C(=O)CCCCCCCCC)[O]C(=O)CCCCCCCCC.[Sr+2]. The van der Waals surface area contributed by atoms with E-state index in [0.717, 1.165) is 83.5 Å². The zero-order valence-electron chi connectivity index (χ0n) is 41.0. The molecule has 0 saturated heterocycles. The van der Waals surface area contributed by atoms with Gasteiger partial charge in [0.05, 0.1) is 0 Å². The number of carbonyl (C=O) groups excluding carboxylic acids is 5. The smallest absolute Gasteiger partial charge is 2.00 e. The van der Waals surface area contributed by atoms with Crippen LogP contribution in [0.4, 0.5) is 0 Å². The average molecular weight is 1150 g/mol. The van der Waals surface area contributed by atoms with Crippen LogP contribution in [0.25, 0.3) is 0 Å². The van der Waals surface area contributed by atoms with Crippen molar-refractivity contribution in [1.82, 2.24) is 0 Å². The fourth-order valence-corrected chi connectivity index (χ4v) is 10.0. The van der Waals surface area contributed by atoms with Crippen LogP contribution in [0.1, 0.15) is 291 Å². The summed E-state index contributed by atoms with van der Waals surface area (Å²) < 4.78 is 16.4. The summed E-state index contributed by atoms with van der Waals surface area (Å²) in [4.78, 5) is 57.2. The van der Waals surface area contributed by atoms with Gasteiger partial charge in [0.15, 0.2) is 0 Å².